The van der Waals surface area contributed by atoms with E-state index in [9.17, 15) is 0 Å². The monoisotopic (exact) mass is 266 g/mol. The molecule has 0 saturated heterocycles. The van der Waals surface area contributed by atoms with E-state index in [1.165, 1.54) is 35.1 Å². The van der Waals surface area contributed by atoms with Crippen molar-refractivity contribution in [3.05, 3.63) is 72.3 Å². The van der Waals surface area contributed by atoms with Crippen LogP contribution in [0.1, 0.15) is 39.2 Å². The summed E-state index contributed by atoms with van der Waals surface area (Å²) >= 11 is 0. The summed E-state index contributed by atoms with van der Waals surface area (Å²) in [5.41, 5.74) is 5.29. The molecule has 0 nitrogen and oxygen atoms in total. The van der Waals surface area contributed by atoms with Crippen LogP contribution in [0.2, 0.25) is 0 Å². The summed E-state index contributed by atoms with van der Waals surface area (Å²) in [6.45, 7) is 10.1. The molecule has 0 aromatic heterocycles. The first-order valence-corrected chi connectivity index (χ1v) is 7.46. The Morgan fingerprint density at radius 2 is 1.55 bits per heavy atom. The fourth-order valence-electron chi connectivity index (χ4n) is 2.03. The number of hydrogen-bond acceptors (Lipinski definition) is 0. The Kier molecular flexibility index (Phi) is 7.42. The second-order valence-corrected chi connectivity index (χ2v) is 5.13. The number of aryl methyl sites for hydroxylation is 1. The molecule has 0 aliphatic rings. The lowest BCUT2D eigenvalue weighted by atomic mass is 10.0. The van der Waals surface area contributed by atoms with E-state index < -0.39 is 0 Å². The summed E-state index contributed by atoms with van der Waals surface area (Å²) in [4.78, 5) is 0. The molecule has 0 bridgehead atoms. The molecular formula is C20H26. The summed E-state index contributed by atoms with van der Waals surface area (Å²) in [5, 5.41) is 0. The zero-order chi connectivity index (χ0) is 14.8. The molecule has 106 valence electrons. The van der Waals surface area contributed by atoms with E-state index in [1.54, 1.807) is 0 Å². The van der Waals surface area contributed by atoms with Crippen LogP contribution in [0.5, 0.6) is 0 Å². The average molecular weight is 266 g/mol. The Morgan fingerprint density at radius 3 is 2.05 bits per heavy atom. The lowest BCUT2D eigenvalue weighted by molar-refractivity contribution is 0.910. The van der Waals surface area contributed by atoms with Crippen LogP contribution < -0.4 is 0 Å². The fraction of sp³-hybridized carbons (Fsp3) is 0.300. The van der Waals surface area contributed by atoms with Crippen molar-refractivity contribution in [1.29, 1.82) is 0 Å². The highest BCUT2D eigenvalue weighted by atomic mass is 14.0. The van der Waals surface area contributed by atoms with Gasteiger partial charge in [-0.25, -0.2) is 0 Å². The van der Waals surface area contributed by atoms with Crippen LogP contribution in [0.4, 0.5) is 0 Å². The van der Waals surface area contributed by atoms with Crippen LogP contribution >= 0.6 is 0 Å². The summed E-state index contributed by atoms with van der Waals surface area (Å²) in [5.74, 6) is 0. The number of allylic oxidation sites excluding steroid dienone is 1. The van der Waals surface area contributed by atoms with Crippen molar-refractivity contribution in [2.45, 2.75) is 40.0 Å². The van der Waals surface area contributed by atoms with Gasteiger partial charge in [-0.3, -0.25) is 0 Å². The highest BCUT2D eigenvalue weighted by molar-refractivity contribution is 5.63. The van der Waals surface area contributed by atoms with Crippen molar-refractivity contribution < 1.29 is 0 Å². The molecule has 2 aromatic rings. The van der Waals surface area contributed by atoms with E-state index in [1.807, 2.05) is 6.07 Å². The molecule has 0 radical (unpaired) electrons. The van der Waals surface area contributed by atoms with E-state index in [4.69, 9.17) is 0 Å². The Labute approximate surface area is 124 Å². The normalized spacial score (nSPS) is 9.55. The zero-order valence-corrected chi connectivity index (χ0v) is 13.0. The van der Waals surface area contributed by atoms with Gasteiger partial charge < -0.3 is 0 Å². The van der Waals surface area contributed by atoms with Gasteiger partial charge >= 0.3 is 0 Å². The molecule has 0 N–H and O–H groups in total. The van der Waals surface area contributed by atoms with Gasteiger partial charge in [-0.2, -0.15) is 0 Å². The Morgan fingerprint density at radius 1 is 0.900 bits per heavy atom. The molecule has 0 saturated carbocycles. The van der Waals surface area contributed by atoms with Gasteiger partial charge in [0, 0.05) is 0 Å². The van der Waals surface area contributed by atoms with Gasteiger partial charge in [0.15, 0.2) is 0 Å². The van der Waals surface area contributed by atoms with Gasteiger partial charge in [0.05, 0.1) is 0 Å². The maximum atomic E-state index is 3.74. The Bertz CT molecular complexity index is 509. The molecule has 0 aliphatic carbocycles. The third-order valence-electron chi connectivity index (χ3n) is 3.12. The Balaban J connectivity index is 0.000000286. The molecule has 0 heteroatoms. The average Bonchev–Trinajstić information content (AvgIpc) is 2.49. The second kappa shape index (κ2) is 9.14. The predicted molar refractivity (Wildman–Crippen MR) is 91.0 cm³/mol. The first-order chi connectivity index (χ1) is 9.67. The SMILES string of the molecule is C=C(C)CCC.CCc1cccc(-c2ccccc2)c1. The van der Waals surface area contributed by atoms with Crippen LogP contribution in [0.3, 0.4) is 0 Å². The standard InChI is InChI=1S/C14H14.C6H12/c1-2-12-7-6-10-14(11-12)13-8-4-3-5-9-13;1-4-5-6(2)3/h3-11H,2H2,1H3;2,4-5H2,1,3H3. The van der Waals surface area contributed by atoms with Crippen LogP contribution in [-0.4, -0.2) is 0 Å². The van der Waals surface area contributed by atoms with Crippen LogP contribution in [0.15, 0.2) is 66.7 Å². The van der Waals surface area contributed by atoms with Gasteiger partial charge in [0.1, 0.15) is 0 Å². The highest BCUT2D eigenvalue weighted by Gasteiger charge is 1.96. The maximum Gasteiger partial charge on any atom is -0.0181 e. The van der Waals surface area contributed by atoms with Crippen molar-refractivity contribution >= 4 is 0 Å². The Hall–Kier alpha value is -1.82. The molecule has 0 spiro atoms. The first-order valence-electron chi connectivity index (χ1n) is 7.46. The molecule has 0 aliphatic heterocycles. The summed E-state index contributed by atoms with van der Waals surface area (Å²) in [7, 11) is 0. The molecule has 0 amide bonds. The van der Waals surface area contributed by atoms with Gasteiger partial charge in [-0.1, -0.05) is 80.4 Å². The van der Waals surface area contributed by atoms with Crippen LogP contribution in [0, 0.1) is 0 Å². The molecule has 2 aromatic carbocycles. The summed E-state index contributed by atoms with van der Waals surface area (Å²) < 4.78 is 0. The molecule has 0 atom stereocenters. The summed E-state index contributed by atoms with van der Waals surface area (Å²) in [6.07, 6.45) is 3.51. The second-order valence-electron chi connectivity index (χ2n) is 5.13. The van der Waals surface area contributed by atoms with Gasteiger partial charge in [-0.15, -0.1) is 6.58 Å². The van der Waals surface area contributed by atoms with Crippen molar-refractivity contribution in [3.8, 4) is 11.1 Å². The van der Waals surface area contributed by atoms with E-state index in [0.29, 0.717) is 0 Å². The molecule has 20 heavy (non-hydrogen) atoms. The van der Waals surface area contributed by atoms with Crippen molar-refractivity contribution in [1.82, 2.24) is 0 Å². The maximum absolute atomic E-state index is 3.74. The first kappa shape index (κ1) is 16.2. The fourth-order valence-corrected chi connectivity index (χ4v) is 2.03. The van der Waals surface area contributed by atoms with Gasteiger partial charge in [0.25, 0.3) is 0 Å². The quantitative estimate of drug-likeness (QED) is 0.571. The van der Waals surface area contributed by atoms with Gasteiger partial charge in [-0.05, 0) is 36.5 Å². The van der Waals surface area contributed by atoms with Crippen molar-refractivity contribution in [3.63, 3.8) is 0 Å². The smallest absolute Gasteiger partial charge is 0.0181 e. The third-order valence-corrected chi connectivity index (χ3v) is 3.12. The number of hydrogen-bond donors (Lipinski definition) is 0. The minimum absolute atomic E-state index is 1.10. The lowest BCUT2D eigenvalue weighted by Gasteiger charge is -2.03. The van der Waals surface area contributed by atoms with Crippen molar-refractivity contribution in [2.24, 2.45) is 0 Å². The highest BCUT2D eigenvalue weighted by Crippen LogP contribution is 2.19. The predicted octanol–water partition coefficient (Wildman–Crippen LogP) is 6.28. The van der Waals surface area contributed by atoms with Crippen LogP contribution in [0.25, 0.3) is 11.1 Å². The van der Waals surface area contributed by atoms with E-state index in [-0.39, 0.29) is 0 Å². The van der Waals surface area contributed by atoms with Crippen LogP contribution in [-0.2, 0) is 6.42 Å². The largest absolute Gasteiger partial charge is 0.100 e. The molecule has 2 rings (SSSR count). The molecular weight excluding hydrogens is 240 g/mol. The topological polar surface area (TPSA) is 0 Å². The van der Waals surface area contributed by atoms with E-state index in [2.05, 4.69) is 75.9 Å². The van der Waals surface area contributed by atoms with E-state index in [0.717, 1.165) is 6.42 Å². The third kappa shape index (κ3) is 5.88. The minimum Gasteiger partial charge on any atom is -0.100 e. The lowest BCUT2D eigenvalue weighted by Crippen LogP contribution is -1.81. The van der Waals surface area contributed by atoms with Crippen molar-refractivity contribution in [2.75, 3.05) is 0 Å². The summed E-state index contributed by atoms with van der Waals surface area (Å²) in [6, 6.07) is 19.2. The number of benzene rings is 2. The molecule has 0 heterocycles. The van der Waals surface area contributed by atoms with E-state index >= 15 is 0 Å². The molecule has 0 fully saturated rings. The number of rotatable bonds is 4. The molecule has 0 unspecified atom stereocenters. The zero-order valence-electron chi connectivity index (χ0n) is 13.0. The minimum atomic E-state index is 1.10. The van der Waals surface area contributed by atoms with Gasteiger partial charge in [0.2, 0.25) is 0 Å².